The van der Waals surface area contributed by atoms with Crippen LogP contribution in [0.2, 0.25) is 0 Å². The topological polar surface area (TPSA) is 67.8 Å². The third-order valence-electron chi connectivity index (χ3n) is 5.04. The van der Waals surface area contributed by atoms with Crippen molar-refractivity contribution in [2.24, 2.45) is 11.8 Å². The molecule has 0 aromatic carbocycles. The van der Waals surface area contributed by atoms with Gasteiger partial charge in [0.25, 0.3) is 0 Å². The van der Waals surface area contributed by atoms with E-state index in [9.17, 15) is 9.90 Å². The quantitative estimate of drug-likeness (QED) is 0.671. The van der Waals surface area contributed by atoms with Crippen LogP contribution in [0.15, 0.2) is 0 Å². The molecule has 1 aliphatic carbocycles. The minimum absolute atomic E-state index is 0.148. The number of carboxylic acids is 1. The number of rotatable bonds is 8. The zero-order valence-corrected chi connectivity index (χ0v) is 13.8. The number of nitrogens with one attached hydrogen (secondary N) is 1. The predicted octanol–water partition coefficient (Wildman–Crippen LogP) is 3.48. The van der Waals surface area contributed by atoms with Gasteiger partial charge in [-0.3, -0.25) is 9.63 Å². The molecule has 0 aromatic heterocycles. The SMILES string of the molecule is CC[C@H](NOC1CCCCO1)C(CC1CCCCC1)C(=O)O. The molecule has 0 amide bonds. The minimum atomic E-state index is -0.710. The highest BCUT2D eigenvalue weighted by Crippen LogP contribution is 2.31. The molecule has 3 atom stereocenters. The molecule has 5 heteroatoms. The van der Waals surface area contributed by atoms with Crippen LogP contribution in [-0.4, -0.2) is 30.0 Å². The third kappa shape index (κ3) is 5.52. The first-order valence-electron chi connectivity index (χ1n) is 8.96. The summed E-state index contributed by atoms with van der Waals surface area (Å²) in [5.74, 6) is -0.536. The zero-order valence-electron chi connectivity index (χ0n) is 13.8. The number of hydrogen-bond donors (Lipinski definition) is 2. The lowest BCUT2D eigenvalue weighted by Crippen LogP contribution is -2.43. The molecular formula is C17H31NO4. The van der Waals surface area contributed by atoms with Gasteiger partial charge in [0.2, 0.25) is 0 Å². The van der Waals surface area contributed by atoms with Gasteiger partial charge in [-0.15, -0.1) is 0 Å². The van der Waals surface area contributed by atoms with E-state index in [4.69, 9.17) is 9.57 Å². The second-order valence-electron chi connectivity index (χ2n) is 6.73. The molecule has 2 rings (SSSR count). The molecule has 2 fully saturated rings. The van der Waals surface area contributed by atoms with E-state index < -0.39 is 5.97 Å². The minimum Gasteiger partial charge on any atom is -0.481 e. The van der Waals surface area contributed by atoms with Crippen molar-refractivity contribution >= 4 is 5.97 Å². The fraction of sp³-hybridized carbons (Fsp3) is 0.941. The molecule has 1 saturated carbocycles. The molecule has 0 radical (unpaired) electrons. The maximum atomic E-state index is 11.7. The van der Waals surface area contributed by atoms with Crippen LogP contribution in [0.4, 0.5) is 0 Å². The molecule has 1 saturated heterocycles. The number of carbonyl (C=O) groups is 1. The zero-order chi connectivity index (χ0) is 15.8. The maximum Gasteiger partial charge on any atom is 0.308 e. The van der Waals surface area contributed by atoms with Gasteiger partial charge < -0.3 is 9.84 Å². The van der Waals surface area contributed by atoms with Gasteiger partial charge in [-0.1, -0.05) is 39.0 Å². The highest BCUT2D eigenvalue weighted by Gasteiger charge is 2.31. The summed E-state index contributed by atoms with van der Waals surface area (Å²) in [6.07, 6.45) is 10.5. The standard InChI is InChI=1S/C17H31NO4/c1-2-15(18-22-16-10-6-7-11-21-16)14(17(19)20)12-13-8-4-3-5-9-13/h13-16,18H,2-12H2,1H3,(H,19,20)/t14?,15-,16?/m0/s1. The Morgan fingerprint density at radius 2 is 1.95 bits per heavy atom. The summed E-state index contributed by atoms with van der Waals surface area (Å²) in [6.45, 7) is 2.74. The van der Waals surface area contributed by atoms with E-state index in [1.54, 1.807) is 0 Å². The number of ether oxygens (including phenoxy) is 1. The summed E-state index contributed by atoms with van der Waals surface area (Å²) in [7, 11) is 0. The molecular weight excluding hydrogens is 282 g/mol. The first-order chi connectivity index (χ1) is 10.7. The first kappa shape index (κ1) is 17.7. The monoisotopic (exact) mass is 313 g/mol. The Hall–Kier alpha value is -0.650. The van der Waals surface area contributed by atoms with E-state index in [2.05, 4.69) is 5.48 Å². The average molecular weight is 313 g/mol. The Labute approximate surface area is 133 Å². The summed E-state index contributed by atoms with van der Waals surface area (Å²) >= 11 is 0. The fourth-order valence-corrected chi connectivity index (χ4v) is 3.64. The van der Waals surface area contributed by atoms with Crippen LogP contribution in [0.3, 0.4) is 0 Å². The second-order valence-corrected chi connectivity index (χ2v) is 6.73. The summed E-state index contributed by atoms with van der Waals surface area (Å²) < 4.78 is 5.53. The van der Waals surface area contributed by atoms with Crippen LogP contribution in [0, 0.1) is 11.8 Å². The van der Waals surface area contributed by atoms with E-state index in [-0.39, 0.29) is 18.2 Å². The lowest BCUT2D eigenvalue weighted by Gasteiger charge is -2.31. The van der Waals surface area contributed by atoms with Crippen molar-refractivity contribution < 1.29 is 19.5 Å². The third-order valence-corrected chi connectivity index (χ3v) is 5.04. The van der Waals surface area contributed by atoms with Gasteiger partial charge in [0.15, 0.2) is 6.29 Å². The maximum absolute atomic E-state index is 11.7. The van der Waals surface area contributed by atoms with Gasteiger partial charge in [0, 0.05) is 19.1 Å². The first-order valence-corrected chi connectivity index (χ1v) is 8.96. The van der Waals surface area contributed by atoms with Crippen LogP contribution in [0.25, 0.3) is 0 Å². The van der Waals surface area contributed by atoms with Crippen molar-refractivity contribution in [2.75, 3.05) is 6.61 Å². The summed E-state index contributed by atoms with van der Waals surface area (Å²) in [6, 6.07) is -0.148. The van der Waals surface area contributed by atoms with Crippen LogP contribution in [-0.2, 0) is 14.4 Å². The van der Waals surface area contributed by atoms with E-state index >= 15 is 0 Å². The molecule has 2 aliphatic rings. The fourth-order valence-electron chi connectivity index (χ4n) is 3.64. The van der Waals surface area contributed by atoms with Gasteiger partial charge in [-0.05, 0) is 31.6 Å². The van der Waals surface area contributed by atoms with Crippen molar-refractivity contribution in [1.82, 2.24) is 5.48 Å². The van der Waals surface area contributed by atoms with Crippen LogP contribution in [0.5, 0.6) is 0 Å². The molecule has 2 N–H and O–H groups in total. The van der Waals surface area contributed by atoms with Gasteiger partial charge in [0.05, 0.1) is 5.92 Å². The van der Waals surface area contributed by atoms with E-state index in [0.717, 1.165) is 38.7 Å². The van der Waals surface area contributed by atoms with Crippen molar-refractivity contribution in [2.45, 2.75) is 83.5 Å². The number of hydroxylamine groups is 1. The van der Waals surface area contributed by atoms with Crippen LogP contribution < -0.4 is 5.48 Å². The molecule has 0 aromatic rings. The van der Waals surface area contributed by atoms with Crippen molar-refractivity contribution in [3.05, 3.63) is 0 Å². The summed E-state index contributed by atoms with van der Waals surface area (Å²) in [4.78, 5) is 17.3. The van der Waals surface area contributed by atoms with Gasteiger partial charge in [0.1, 0.15) is 0 Å². The molecule has 2 unspecified atom stereocenters. The van der Waals surface area contributed by atoms with Crippen LogP contribution in [0.1, 0.15) is 71.1 Å². The average Bonchev–Trinajstić information content (AvgIpc) is 2.56. The normalized spacial score (nSPS) is 26.5. The smallest absolute Gasteiger partial charge is 0.308 e. The second kappa shape index (κ2) is 9.48. The van der Waals surface area contributed by atoms with Crippen molar-refractivity contribution in [1.29, 1.82) is 0 Å². The Morgan fingerprint density at radius 3 is 2.55 bits per heavy atom. The van der Waals surface area contributed by atoms with E-state index in [1.165, 1.54) is 32.1 Å². The lowest BCUT2D eigenvalue weighted by atomic mass is 9.80. The largest absolute Gasteiger partial charge is 0.481 e. The lowest BCUT2D eigenvalue weighted by molar-refractivity contribution is -0.208. The van der Waals surface area contributed by atoms with Crippen LogP contribution >= 0.6 is 0 Å². The Bertz CT molecular complexity index is 325. The number of aliphatic carboxylic acids is 1. The van der Waals surface area contributed by atoms with E-state index in [1.807, 2.05) is 6.92 Å². The molecule has 128 valence electrons. The number of carboxylic acid groups (broad SMARTS) is 1. The molecule has 1 aliphatic heterocycles. The summed E-state index contributed by atoms with van der Waals surface area (Å²) in [5.41, 5.74) is 3.00. The summed E-state index contributed by atoms with van der Waals surface area (Å²) in [5, 5.41) is 9.62. The number of hydrogen-bond acceptors (Lipinski definition) is 4. The van der Waals surface area contributed by atoms with Crippen molar-refractivity contribution in [3.63, 3.8) is 0 Å². The van der Waals surface area contributed by atoms with Crippen molar-refractivity contribution in [3.8, 4) is 0 Å². The molecule has 0 spiro atoms. The van der Waals surface area contributed by atoms with Gasteiger partial charge in [-0.2, -0.15) is 5.48 Å². The highest BCUT2D eigenvalue weighted by molar-refractivity contribution is 5.70. The van der Waals surface area contributed by atoms with Gasteiger partial charge in [-0.25, -0.2) is 0 Å². The van der Waals surface area contributed by atoms with Gasteiger partial charge >= 0.3 is 5.97 Å². The predicted molar refractivity (Wildman–Crippen MR) is 84.2 cm³/mol. The molecule has 0 bridgehead atoms. The molecule has 1 heterocycles. The Balaban J connectivity index is 1.84. The Morgan fingerprint density at radius 1 is 1.23 bits per heavy atom. The molecule has 22 heavy (non-hydrogen) atoms. The Kier molecular flexibility index (Phi) is 7.63. The van der Waals surface area contributed by atoms with E-state index in [0.29, 0.717) is 5.92 Å². The highest BCUT2D eigenvalue weighted by atomic mass is 16.8. The molecule has 5 nitrogen and oxygen atoms in total.